The number of nitrogens with one attached hydrogen (secondary N) is 1. The number of aromatic nitrogens is 1. The Bertz CT molecular complexity index is 1050. The Labute approximate surface area is 162 Å². The van der Waals surface area contributed by atoms with Gasteiger partial charge in [0, 0.05) is 22.7 Å². The summed E-state index contributed by atoms with van der Waals surface area (Å²) in [6.45, 7) is 0. The van der Waals surface area contributed by atoms with E-state index < -0.39 is 0 Å². The molecule has 7 nitrogen and oxygen atoms in total. The van der Waals surface area contributed by atoms with Crippen LogP contribution in [0.15, 0.2) is 64.1 Å². The molecule has 1 fully saturated rings. The summed E-state index contributed by atoms with van der Waals surface area (Å²) in [5.74, 6) is 7.60. The number of nitrogens with two attached hydrogens (primary N) is 2. The topological polar surface area (TPSA) is 110 Å². The van der Waals surface area contributed by atoms with E-state index in [-0.39, 0.29) is 22.3 Å². The maximum Gasteiger partial charge on any atom is 0.281 e. The predicted octanol–water partition coefficient (Wildman–Crippen LogP) is 2.68. The van der Waals surface area contributed by atoms with Crippen LogP contribution in [-0.4, -0.2) is 27.5 Å². The molecule has 28 heavy (non-hydrogen) atoms. The van der Waals surface area contributed by atoms with Gasteiger partial charge in [-0.1, -0.05) is 18.2 Å². The fourth-order valence-corrected chi connectivity index (χ4v) is 4.53. The lowest BCUT2D eigenvalue weighted by atomic mass is 9.80. The first-order valence-corrected chi connectivity index (χ1v) is 9.66. The molecule has 1 unspecified atom stereocenters. The zero-order valence-corrected chi connectivity index (χ0v) is 15.5. The van der Waals surface area contributed by atoms with Crippen LogP contribution in [0.4, 0.5) is 0 Å². The first-order valence-electron chi connectivity index (χ1n) is 9.66. The van der Waals surface area contributed by atoms with Crippen molar-refractivity contribution in [2.45, 2.75) is 25.7 Å². The van der Waals surface area contributed by atoms with Crippen molar-refractivity contribution in [3.05, 3.63) is 59.8 Å². The monoisotopic (exact) mass is 375 g/mol. The van der Waals surface area contributed by atoms with Gasteiger partial charge in [-0.2, -0.15) is 10.8 Å². The molecule has 5 N–H and O–H groups in total. The number of hydrogen-bond acceptors (Lipinski definition) is 4. The molecule has 0 saturated heterocycles. The number of nitrogens with zero attached hydrogens (tertiary/aromatic N) is 3. The number of quaternary nitrogens is 1. The first-order chi connectivity index (χ1) is 13.6. The number of fused-ring (bicyclic) bond motifs is 2. The van der Waals surface area contributed by atoms with Crippen LogP contribution in [0, 0.1) is 11.8 Å². The molecule has 7 heteroatoms. The second-order valence-corrected chi connectivity index (χ2v) is 7.78. The van der Waals surface area contributed by atoms with Crippen molar-refractivity contribution in [3.63, 3.8) is 0 Å². The van der Waals surface area contributed by atoms with Gasteiger partial charge in [0.05, 0.1) is 12.4 Å². The molecule has 0 spiro atoms. The minimum absolute atomic E-state index is 0.0153. The fraction of sp³-hybridized carbons (Fsp3) is 0.286. The van der Waals surface area contributed by atoms with E-state index in [0.29, 0.717) is 0 Å². The molecule has 5 rings (SSSR count). The Balaban J connectivity index is 1.54. The van der Waals surface area contributed by atoms with Crippen LogP contribution < -0.4 is 11.6 Å². The van der Waals surface area contributed by atoms with Gasteiger partial charge in [0.25, 0.3) is 5.84 Å². The highest BCUT2D eigenvalue weighted by Gasteiger charge is 2.46. The smallest absolute Gasteiger partial charge is 0.281 e. The van der Waals surface area contributed by atoms with Crippen LogP contribution in [-0.2, 0) is 4.79 Å². The quantitative estimate of drug-likeness (QED) is 0.566. The summed E-state index contributed by atoms with van der Waals surface area (Å²) in [7, 11) is 0. The number of amidine groups is 1. The molecular formula is C21H23N6O+. The average Bonchev–Trinajstić information content (AvgIpc) is 3.26. The van der Waals surface area contributed by atoms with E-state index in [2.05, 4.69) is 22.1 Å². The van der Waals surface area contributed by atoms with E-state index >= 15 is 0 Å². The lowest BCUT2D eigenvalue weighted by molar-refractivity contribution is -0.750. The normalized spacial score (nSPS) is 29.2. The molecule has 3 aliphatic rings. The molecule has 2 aliphatic heterocycles. The van der Waals surface area contributed by atoms with E-state index in [1.54, 1.807) is 6.20 Å². The first kappa shape index (κ1) is 17.1. The molecule has 0 radical (unpaired) electrons. The van der Waals surface area contributed by atoms with Crippen LogP contribution >= 0.6 is 0 Å². The maximum absolute atomic E-state index is 11.5. The van der Waals surface area contributed by atoms with Gasteiger partial charge < -0.3 is 10.7 Å². The number of aromatic amines is 1. The average molecular weight is 375 g/mol. The highest BCUT2D eigenvalue weighted by molar-refractivity contribution is 6.02. The van der Waals surface area contributed by atoms with Crippen molar-refractivity contribution in [2.24, 2.45) is 33.4 Å². The van der Waals surface area contributed by atoms with Crippen molar-refractivity contribution in [3.8, 4) is 0 Å². The summed E-state index contributed by atoms with van der Waals surface area (Å²) in [5, 5.41) is 1.12. The van der Waals surface area contributed by atoms with E-state index in [4.69, 9.17) is 16.6 Å². The van der Waals surface area contributed by atoms with Gasteiger partial charge in [0.2, 0.25) is 11.6 Å². The third-order valence-corrected chi connectivity index (χ3v) is 6.11. The zero-order chi connectivity index (χ0) is 19.3. The Morgan fingerprint density at radius 2 is 1.96 bits per heavy atom. The van der Waals surface area contributed by atoms with Gasteiger partial charge in [-0.05, 0) is 37.8 Å². The number of para-hydroxylation sites is 1. The largest absolute Gasteiger partial charge is 0.369 e. The zero-order valence-electron chi connectivity index (χ0n) is 15.5. The van der Waals surface area contributed by atoms with E-state index in [0.717, 1.165) is 59.5 Å². The third-order valence-electron chi connectivity index (χ3n) is 6.11. The van der Waals surface area contributed by atoms with Crippen molar-refractivity contribution in [2.75, 3.05) is 0 Å². The Morgan fingerprint density at radius 3 is 2.71 bits per heavy atom. The summed E-state index contributed by atoms with van der Waals surface area (Å²) >= 11 is 0. The summed E-state index contributed by atoms with van der Waals surface area (Å²) < 4.78 is 0.0153. The minimum atomic E-state index is -0.198. The lowest BCUT2D eigenvalue weighted by Crippen LogP contribution is -2.53. The maximum atomic E-state index is 11.5. The molecular weight excluding hydrogens is 352 g/mol. The van der Waals surface area contributed by atoms with Crippen LogP contribution in [0.25, 0.3) is 10.9 Å². The van der Waals surface area contributed by atoms with Crippen molar-refractivity contribution in [1.29, 1.82) is 0 Å². The number of aliphatic imine (C=N–C) groups is 2. The van der Waals surface area contributed by atoms with Crippen molar-refractivity contribution < 1.29 is 9.39 Å². The molecule has 1 atom stereocenters. The highest BCUT2D eigenvalue weighted by atomic mass is 16.1. The number of hydrogen-bond donors (Lipinski definition) is 3. The van der Waals surface area contributed by atoms with E-state index in [1.807, 2.05) is 30.6 Å². The summed E-state index contributed by atoms with van der Waals surface area (Å²) in [6, 6.07) is 10.2. The minimum Gasteiger partial charge on any atom is -0.369 e. The molecule has 0 bridgehead atoms. The standard InChI is InChI=1S/C21H22N6O/c22-20(28)14-7-5-13(6-8-14)19-18-12-24-9-10-27(18,23)21(26-19)17-11-15-3-1-2-4-16(15)25-17/h1-4,9-14H,5-8,23H2,(H2-,22,24,25,26,28)/p+1. The molecule has 1 amide bonds. The summed E-state index contributed by atoms with van der Waals surface area (Å²) in [6.07, 6.45) is 8.75. The predicted molar refractivity (Wildman–Crippen MR) is 109 cm³/mol. The third kappa shape index (κ3) is 2.55. The van der Waals surface area contributed by atoms with Crippen LogP contribution in [0.5, 0.6) is 0 Å². The van der Waals surface area contributed by atoms with Crippen molar-refractivity contribution in [1.82, 2.24) is 4.98 Å². The van der Waals surface area contributed by atoms with Gasteiger partial charge >= 0.3 is 0 Å². The number of carbonyl (C=O) groups is 1. The number of primary amides is 1. The van der Waals surface area contributed by atoms with Crippen molar-refractivity contribution >= 4 is 28.9 Å². The Kier molecular flexibility index (Phi) is 3.82. The van der Waals surface area contributed by atoms with Gasteiger partial charge in [0.15, 0.2) is 0 Å². The molecule has 1 aromatic carbocycles. The molecule has 1 saturated carbocycles. The van der Waals surface area contributed by atoms with Gasteiger partial charge in [-0.25, -0.2) is 0 Å². The summed E-state index contributed by atoms with van der Waals surface area (Å²) in [4.78, 5) is 24.3. The Hall–Kier alpha value is -3.03. The number of amides is 1. The van der Waals surface area contributed by atoms with Gasteiger partial charge in [0.1, 0.15) is 17.6 Å². The van der Waals surface area contributed by atoms with Crippen LogP contribution in [0.3, 0.4) is 0 Å². The molecule has 3 heterocycles. The highest BCUT2D eigenvalue weighted by Crippen LogP contribution is 2.41. The fourth-order valence-electron chi connectivity index (χ4n) is 4.53. The van der Waals surface area contributed by atoms with E-state index in [1.165, 1.54) is 0 Å². The van der Waals surface area contributed by atoms with Gasteiger partial charge in [-0.15, -0.1) is 4.59 Å². The number of carbonyl (C=O) groups excluding carboxylic acids is 1. The Morgan fingerprint density at radius 1 is 1.18 bits per heavy atom. The molecule has 1 aromatic heterocycles. The molecule has 1 aliphatic carbocycles. The second-order valence-electron chi connectivity index (χ2n) is 7.78. The number of allylic oxidation sites excluding steroid dienone is 2. The number of benzene rings is 1. The molecule has 142 valence electrons. The lowest BCUT2D eigenvalue weighted by Gasteiger charge is -2.28. The number of rotatable bonds is 3. The second kappa shape index (κ2) is 6.25. The van der Waals surface area contributed by atoms with Gasteiger partial charge in [-0.3, -0.25) is 9.79 Å². The van der Waals surface area contributed by atoms with E-state index in [9.17, 15) is 4.79 Å². The summed E-state index contributed by atoms with van der Waals surface area (Å²) in [5.41, 5.74) is 9.33. The van der Waals surface area contributed by atoms with Crippen LogP contribution in [0.1, 0.15) is 31.4 Å². The SMILES string of the molecule is NC(=O)C1CCC(C2=C3C=NC=C[N+]3(N)C(c3cc4ccccc4[nH]3)=N2)CC1. The van der Waals surface area contributed by atoms with Crippen LogP contribution in [0.2, 0.25) is 0 Å². The number of H-pyrrole nitrogens is 1. The molecule has 2 aromatic rings.